The molecule has 2 N–H and O–H groups in total. The molecular formula is C31H39F3N4O6. The number of hydrogen-bond donors (Lipinski definition) is 2. The fourth-order valence-corrected chi connectivity index (χ4v) is 6.96. The topological polar surface area (TPSA) is 131 Å². The van der Waals surface area contributed by atoms with E-state index in [4.69, 9.17) is 9.47 Å². The van der Waals surface area contributed by atoms with Crippen molar-refractivity contribution in [3.63, 3.8) is 0 Å². The molecule has 2 saturated carbocycles. The molecule has 10 nitrogen and oxygen atoms in total. The highest BCUT2D eigenvalue weighted by Crippen LogP contribution is 2.57. The van der Waals surface area contributed by atoms with Crippen LogP contribution in [0.5, 0.6) is 11.6 Å². The van der Waals surface area contributed by atoms with Gasteiger partial charge in [0.05, 0.1) is 17.1 Å². The van der Waals surface area contributed by atoms with Crippen LogP contribution in [0.1, 0.15) is 64.5 Å². The van der Waals surface area contributed by atoms with E-state index in [1.165, 1.54) is 25.1 Å². The Morgan fingerprint density at radius 3 is 2.66 bits per heavy atom. The molecule has 2 amide bonds. The number of aromatic hydroxyl groups is 1. The summed E-state index contributed by atoms with van der Waals surface area (Å²) < 4.78 is 47.8. The van der Waals surface area contributed by atoms with Crippen molar-refractivity contribution in [1.82, 2.24) is 20.2 Å². The monoisotopic (exact) mass is 620 g/mol. The summed E-state index contributed by atoms with van der Waals surface area (Å²) in [6.07, 6.45) is 1.42. The highest BCUT2D eigenvalue weighted by molar-refractivity contribution is 5.90. The molecule has 1 aromatic carbocycles. The number of ketones is 1. The number of carbonyl (C=O) groups excluding carboxylic acids is 3. The van der Waals surface area contributed by atoms with Gasteiger partial charge in [0.1, 0.15) is 24.1 Å². The summed E-state index contributed by atoms with van der Waals surface area (Å²) in [7, 11) is 0. The van der Waals surface area contributed by atoms with Gasteiger partial charge in [-0.05, 0) is 81.3 Å². The smallest absolute Gasteiger partial charge is 0.422 e. The Morgan fingerprint density at radius 2 is 1.91 bits per heavy atom. The summed E-state index contributed by atoms with van der Waals surface area (Å²) in [5.41, 5.74) is 1.13. The van der Waals surface area contributed by atoms with E-state index in [0.29, 0.717) is 36.0 Å². The van der Waals surface area contributed by atoms with Crippen LogP contribution in [0, 0.1) is 23.7 Å². The van der Waals surface area contributed by atoms with Crippen molar-refractivity contribution in [3.05, 3.63) is 23.9 Å². The third-order valence-electron chi connectivity index (χ3n) is 9.16. The molecule has 44 heavy (non-hydrogen) atoms. The summed E-state index contributed by atoms with van der Waals surface area (Å²) in [5, 5.41) is 12.9. The Balaban J connectivity index is 1.04. The molecule has 1 aromatic heterocycles. The Hall–Kier alpha value is -3.64. The fraction of sp³-hybridized carbons (Fsp3) is 0.645. The lowest BCUT2D eigenvalue weighted by molar-refractivity contribution is -0.153. The highest BCUT2D eigenvalue weighted by atomic mass is 19.4. The van der Waals surface area contributed by atoms with Gasteiger partial charge in [0.15, 0.2) is 12.4 Å². The summed E-state index contributed by atoms with van der Waals surface area (Å²) >= 11 is 0. The summed E-state index contributed by atoms with van der Waals surface area (Å²) in [6.45, 7) is 2.34. The number of nitrogens with one attached hydrogen (secondary N) is 1. The van der Waals surface area contributed by atoms with Gasteiger partial charge in [0.25, 0.3) is 0 Å². The number of nitrogens with zero attached hydrogens (tertiary/aromatic N) is 3. The number of ether oxygens (including phenoxy) is 2. The largest absolute Gasteiger partial charge is 0.492 e. The predicted octanol–water partition coefficient (Wildman–Crippen LogP) is 4.96. The standard InChI is InChI=1S/C31H39F3N4O6/c1-17-10-11-38(28(17)18(2)39)27(40)15-35-30(42)44-26-13-19-12-22(19)21(26)6-4-3-5-7-24-29(41)37-25-14-20(8-9-23(25)36-24)43-16-31(32,33)34/h8-9,14,17,19,21-22,26,28H,3-7,10-13,15-16H2,1-2H3,(H,35,42)(H,37,41)/t17-,19?,21-,22?,26?,28+/m1/s1. The molecule has 0 bridgehead atoms. The lowest BCUT2D eigenvalue weighted by Gasteiger charge is -2.26. The number of aromatic nitrogens is 2. The molecule has 240 valence electrons. The maximum Gasteiger partial charge on any atom is 0.422 e. The van der Waals surface area contributed by atoms with Crippen LogP contribution < -0.4 is 10.1 Å². The SMILES string of the molecule is CC(=O)[C@@H]1[C@H](C)CCN1C(=O)CNC(=O)OC1CC2CC2[C@H]1CCCCCc1nc2ccc(OCC(F)(F)F)cc2nc1O. The molecule has 3 aliphatic rings. The first-order valence-corrected chi connectivity index (χ1v) is 15.3. The molecule has 2 aromatic rings. The van der Waals surface area contributed by atoms with Gasteiger partial charge >= 0.3 is 12.3 Å². The second-order valence-corrected chi connectivity index (χ2v) is 12.4. The van der Waals surface area contributed by atoms with Crippen LogP contribution in [-0.4, -0.2) is 75.8 Å². The van der Waals surface area contributed by atoms with Crippen molar-refractivity contribution >= 4 is 28.8 Å². The molecule has 1 saturated heterocycles. The quantitative estimate of drug-likeness (QED) is 0.319. The van der Waals surface area contributed by atoms with Crippen molar-refractivity contribution in [1.29, 1.82) is 0 Å². The molecule has 2 aliphatic carbocycles. The van der Waals surface area contributed by atoms with E-state index in [1.54, 1.807) is 4.90 Å². The first-order chi connectivity index (χ1) is 20.9. The van der Waals surface area contributed by atoms with Crippen LogP contribution in [0.4, 0.5) is 18.0 Å². The number of alkyl carbamates (subject to hydrolysis) is 1. The van der Waals surface area contributed by atoms with Crippen LogP contribution >= 0.6 is 0 Å². The number of benzene rings is 1. The van der Waals surface area contributed by atoms with Crippen molar-refractivity contribution < 1.29 is 42.1 Å². The summed E-state index contributed by atoms with van der Waals surface area (Å²) in [4.78, 5) is 47.3. The summed E-state index contributed by atoms with van der Waals surface area (Å²) in [5.74, 6) is 0.917. The second kappa shape index (κ2) is 13.2. The van der Waals surface area contributed by atoms with Gasteiger partial charge in [0, 0.05) is 12.6 Å². The molecule has 2 heterocycles. The molecule has 5 rings (SSSR count). The maximum atomic E-state index is 12.7. The number of halogens is 3. The number of amides is 2. The Bertz CT molecular complexity index is 1390. The van der Waals surface area contributed by atoms with E-state index < -0.39 is 24.9 Å². The van der Waals surface area contributed by atoms with Gasteiger partial charge in [-0.3, -0.25) is 9.59 Å². The number of carbonyl (C=O) groups is 3. The normalized spacial score (nSPS) is 26.0. The van der Waals surface area contributed by atoms with E-state index in [-0.39, 0.29) is 53.3 Å². The molecule has 3 unspecified atom stereocenters. The molecule has 0 radical (unpaired) electrons. The average Bonchev–Trinajstić information content (AvgIpc) is 3.47. The number of Topliss-reactive ketones (excluding diaryl/α,β-unsaturated/α-hetero) is 1. The average molecular weight is 621 g/mol. The minimum Gasteiger partial charge on any atom is -0.492 e. The second-order valence-electron chi connectivity index (χ2n) is 12.4. The van der Waals surface area contributed by atoms with Gasteiger partial charge in [0.2, 0.25) is 11.8 Å². The molecule has 0 spiro atoms. The highest BCUT2D eigenvalue weighted by Gasteiger charge is 2.54. The van der Waals surface area contributed by atoms with E-state index in [9.17, 15) is 32.7 Å². The molecule has 3 fully saturated rings. The third kappa shape index (κ3) is 7.71. The van der Waals surface area contributed by atoms with Gasteiger partial charge in [-0.15, -0.1) is 0 Å². The lowest BCUT2D eigenvalue weighted by atomic mass is 9.93. The van der Waals surface area contributed by atoms with Crippen molar-refractivity contribution in [2.24, 2.45) is 23.7 Å². The van der Waals surface area contributed by atoms with Gasteiger partial charge < -0.3 is 24.8 Å². The number of rotatable bonds is 12. The van der Waals surface area contributed by atoms with Crippen LogP contribution in [0.2, 0.25) is 0 Å². The Morgan fingerprint density at radius 1 is 1.11 bits per heavy atom. The molecule has 1 aliphatic heterocycles. The maximum absolute atomic E-state index is 12.7. The van der Waals surface area contributed by atoms with Crippen LogP contribution in [0.15, 0.2) is 18.2 Å². The zero-order valence-electron chi connectivity index (χ0n) is 24.9. The molecule has 13 heteroatoms. The lowest BCUT2D eigenvalue weighted by Crippen LogP contribution is -2.46. The predicted molar refractivity (Wildman–Crippen MR) is 153 cm³/mol. The van der Waals surface area contributed by atoms with Gasteiger partial charge in [-0.1, -0.05) is 19.8 Å². The fourth-order valence-electron chi connectivity index (χ4n) is 6.96. The van der Waals surface area contributed by atoms with E-state index in [0.717, 1.165) is 44.9 Å². The zero-order chi connectivity index (χ0) is 31.6. The minimum atomic E-state index is -4.45. The van der Waals surface area contributed by atoms with Gasteiger partial charge in [-0.2, -0.15) is 13.2 Å². The number of hydrogen-bond acceptors (Lipinski definition) is 8. The number of unbranched alkanes of at least 4 members (excludes halogenated alkanes) is 2. The minimum absolute atomic E-state index is 0.00565. The molecular weight excluding hydrogens is 581 g/mol. The molecule has 6 atom stereocenters. The first-order valence-electron chi connectivity index (χ1n) is 15.3. The van der Waals surface area contributed by atoms with Crippen molar-refractivity contribution in [2.75, 3.05) is 19.7 Å². The van der Waals surface area contributed by atoms with Crippen LogP contribution in [0.25, 0.3) is 11.0 Å². The van der Waals surface area contributed by atoms with E-state index in [2.05, 4.69) is 15.3 Å². The van der Waals surface area contributed by atoms with Crippen molar-refractivity contribution in [3.8, 4) is 11.6 Å². The van der Waals surface area contributed by atoms with Crippen molar-refractivity contribution in [2.45, 2.75) is 83.5 Å². The van der Waals surface area contributed by atoms with Crippen LogP contribution in [-0.2, 0) is 20.7 Å². The van der Waals surface area contributed by atoms with E-state index >= 15 is 0 Å². The van der Waals surface area contributed by atoms with Crippen LogP contribution in [0.3, 0.4) is 0 Å². The Labute approximate surface area is 253 Å². The number of likely N-dealkylation sites (tertiary alicyclic amines) is 1. The number of aryl methyl sites for hydroxylation is 1. The first kappa shape index (κ1) is 31.8. The number of fused-ring (bicyclic) bond motifs is 2. The third-order valence-corrected chi connectivity index (χ3v) is 9.16. The number of alkyl halides is 3. The summed E-state index contributed by atoms with van der Waals surface area (Å²) in [6, 6.07) is 3.79. The Kier molecular flexibility index (Phi) is 9.50. The van der Waals surface area contributed by atoms with E-state index in [1.807, 2.05) is 6.92 Å². The van der Waals surface area contributed by atoms with Gasteiger partial charge in [-0.25, -0.2) is 14.8 Å². The zero-order valence-corrected chi connectivity index (χ0v) is 24.9.